The summed E-state index contributed by atoms with van der Waals surface area (Å²) in [6.45, 7) is 0.775. The molecule has 190 valence electrons. The SMILES string of the molecule is COCCNC(=O)c1cccc(Nc2c(Oc3ccc(OC)cc3)cnn(-c3cccc(Cl)c3)c2=O)c1. The molecule has 0 unspecified atom stereocenters. The van der Waals surface area contributed by atoms with Gasteiger partial charge in [0.1, 0.15) is 11.5 Å². The zero-order valence-corrected chi connectivity index (χ0v) is 21.0. The summed E-state index contributed by atoms with van der Waals surface area (Å²) in [5, 5.41) is 10.6. The lowest BCUT2D eigenvalue weighted by molar-refractivity contribution is 0.0937. The Balaban J connectivity index is 1.71. The Kier molecular flexibility index (Phi) is 8.40. The summed E-state index contributed by atoms with van der Waals surface area (Å²) in [6, 6.07) is 20.5. The molecule has 0 radical (unpaired) electrons. The fraction of sp³-hybridized carbons (Fsp3) is 0.148. The quantitative estimate of drug-likeness (QED) is 0.289. The van der Waals surface area contributed by atoms with E-state index in [1.807, 2.05) is 0 Å². The topological polar surface area (TPSA) is 104 Å². The molecule has 0 aliphatic heterocycles. The standard InChI is InChI=1S/C27H25ClN4O5/c1-35-14-13-29-26(33)18-5-3-7-20(15-18)31-25-24(37-23-11-9-22(36-2)10-12-23)17-30-32(27(25)34)21-8-4-6-19(28)16-21/h3-12,15-17,31H,13-14H2,1-2H3,(H,29,33). The molecule has 3 aromatic carbocycles. The maximum Gasteiger partial charge on any atom is 0.299 e. The van der Waals surface area contributed by atoms with Crippen LogP contribution in [0.3, 0.4) is 0 Å². The van der Waals surface area contributed by atoms with Crippen LogP contribution in [0.2, 0.25) is 5.02 Å². The van der Waals surface area contributed by atoms with E-state index in [1.165, 1.54) is 10.9 Å². The molecule has 1 heterocycles. The molecule has 0 atom stereocenters. The minimum Gasteiger partial charge on any atom is -0.497 e. The van der Waals surface area contributed by atoms with E-state index < -0.39 is 5.56 Å². The number of benzene rings is 3. The smallest absolute Gasteiger partial charge is 0.299 e. The normalized spacial score (nSPS) is 10.6. The van der Waals surface area contributed by atoms with Gasteiger partial charge in [-0.1, -0.05) is 23.7 Å². The molecule has 10 heteroatoms. The summed E-state index contributed by atoms with van der Waals surface area (Å²) in [5.74, 6) is 1.09. The van der Waals surface area contributed by atoms with E-state index in [-0.39, 0.29) is 17.3 Å². The van der Waals surface area contributed by atoms with Crippen molar-refractivity contribution in [3.05, 3.63) is 99.9 Å². The van der Waals surface area contributed by atoms with Crippen LogP contribution in [0.5, 0.6) is 17.2 Å². The van der Waals surface area contributed by atoms with E-state index in [1.54, 1.807) is 87.0 Å². The fourth-order valence-electron chi connectivity index (χ4n) is 3.44. The number of anilines is 2. The minimum absolute atomic E-state index is 0.128. The van der Waals surface area contributed by atoms with E-state index in [9.17, 15) is 9.59 Å². The Bertz CT molecular complexity index is 1440. The number of hydrogen-bond donors (Lipinski definition) is 2. The van der Waals surface area contributed by atoms with Gasteiger partial charge in [-0.3, -0.25) is 9.59 Å². The van der Waals surface area contributed by atoms with E-state index in [0.29, 0.717) is 46.6 Å². The highest BCUT2D eigenvalue weighted by molar-refractivity contribution is 6.30. The van der Waals surface area contributed by atoms with Gasteiger partial charge < -0.3 is 24.8 Å². The van der Waals surface area contributed by atoms with Crippen molar-refractivity contribution in [3.63, 3.8) is 0 Å². The lowest BCUT2D eigenvalue weighted by Gasteiger charge is -2.15. The molecule has 0 bridgehead atoms. The molecule has 9 nitrogen and oxygen atoms in total. The molecule has 4 aromatic rings. The van der Waals surface area contributed by atoms with Gasteiger partial charge in [0, 0.05) is 29.9 Å². The van der Waals surface area contributed by atoms with E-state index >= 15 is 0 Å². The molecule has 37 heavy (non-hydrogen) atoms. The highest BCUT2D eigenvalue weighted by atomic mass is 35.5. The molecular weight excluding hydrogens is 496 g/mol. The van der Waals surface area contributed by atoms with E-state index in [4.69, 9.17) is 25.8 Å². The number of rotatable bonds is 10. The molecule has 1 aromatic heterocycles. The second-order valence-electron chi connectivity index (χ2n) is 7.81. The maximum absolute atomic E-state index is 13.6. The van der Waals surface area contributed by atoms with Crippen molar-refractivity contribution in [2.75, 3.05) is 32.7 Å². The van der Waals surface area contributed by atoms with E-state index in [2.05, 4.69) is 15.7 Å². The van der Waals surface area contributed by atoms with Gasteiger partial charge in [0.15, 0.2) is 11.4 Å². The Hall–Kier alpha value is -4.34. The summed E-state index contributed by atoms with van der Waals surface area (Å²) in [7, 11) is 3.14. The number of carbonyl (C=O) groups is 1. The average Bonchev–Trinajstić information content (AvgIpc) is 2.91. The van der Waals surface area contributed by atoms with Crippen LogP contribution in [0.15, 0.2) is 83.8 Å². The number of amides is 1. The van der Waals surface area contributed by atoms with Crippen LogP contribution in [0.4, 0.5) is 11.4 Å². The molecule has 0 aliphatic carbocycles. The monoisotopic (exact) mass is 520 g/mol. The van der Waals surface area contributed by atoms with Gasteiger partial charge in [-0.05, 0) is 60.7 Å². The van der Waals surface area contributed by atoms with Crippen molar-refractivity contribution >= 4 is 28.9 Å². The highest BCUT2D eigenvalue weighted by Gasteiger charge is 2.16. The first-order valence-electron chi connectivity index (χ1n) is 11.3. The van der Waals surface area contributed by atoms with Crippen LogP contribution in [-0.2, 0) is 4.74 Å². The molecule has 0 spiro atoms. The van der Waals surface area contributed by atoms with Gasteiger partial charge in [0.2, 0.25) is 0 Å². The molecule has 0 aliphatic rings. The second kappa shape index (κ2) is 12.1. The predicted octanol–water partition coefficient (Wildman–Crippen LogP) is 4.81. The van der Waals surface area contributed by atoms with Gasteiger partial charge in [0.25, 0.3) is 11.5 Å². The van der Waals surface area contributed by atoms with Gasteiger partial charge in [-0.25, -0.2) is 0 Å². The molecule has 2 N–H and O–H groups in total. The largest absolute Gasteiger partial charge is 0.497 e. The van der Waals surface area contributed by atoms with Crippen molar-refractivity contribution in [1.29, 1.82) is 0 Å². The minimum atomic E-state index is -0.469. The number of ether oxygens (including phenoxy) is 3. The van der Waals surface area contributed by atoms with Gasteiger partial charge in [-0.2, -0.15) is 9.78 Å². The highest BCUT2D eigenvalue weighted by Crippen LogP contribution is 2.30. The third-order valence-corrected chi connectivity index (χ3v) is 5.50. The number of aromatic nitrogens is 2. The molecule has 4 rings (SSSR count). The van der Waals surface area contributed by atoms with Gasteiger partial charge in [0.05, 0.1) is 25.6 Å². The second-order valence-corrected chi connectivity index (χ2v) is 8.25. The number of methoxy groups -OCH3 is 2. The molecule has 0 saturated heterocycles. The molecular formula is C27H25ClN4O5. The zero-order chi connectivity index (χ0) is 26.2. The Labute approximate surface area is 218 Å². The molecule has 0 fully saturated rings. The average molecular weight is 521 g/mol. The molecule has 1 amide bonds. The predicted molar refractivity (Wildman–Crippen MR) is 142 cm³/mol. The summed E-state index contributed by atoms with van der Waals surface area (Å²) < 4.78 is 17.4. The van der Waals surface area contributed by atoms with Crippen molar-refractivity contribution in [1.82, 2.24) is 15.1 Å². The first-order valence-corrected chi connectivity index (χ1v) is 11.7. The Morgan fingerprint density at radius 3 is 2.49 bits per heavy atom. The summed E-state index contributed by atoms with van der Waals surface area (Å²) in [4.78, 5) is 26.1. The fourth-order valence-corrected chi connectivity index (χ4v) is 3.63. The number of nitrogens with zero attached hydrogens (tertiary/aromatic N) is 2. The van der Waals surface area contributed by atoms with Gasteiger partial charge in [-0.15, -0.1) is 0 Å². The summed E-state index contributed by atoms with van der Waals surface area (Å²) in [6.07, 6.45) is 1.44. The maximum atomic E-state index is 13.6. The van der Waals surface area contributed by atoms with Crippen LogP contribution in [0.25, 0.3) is 5.69 Å². The summed E-state index contributed by atoms with van der Waals surface area (Å²) in [5.41, 5.74) is 1.08. The zero-order valence-electron chi connectivity index (χ0n) is 20.2. The Morgan fingerprint density at radius 1 is 1.00 bits per heavy atom. The van der Waals surface area contributed by atoms with Crippen LogP contribution in [0.1, 0.15) is 10.4 Å². The third kappa shape index (κ3) is 6.46. The lowest BCUT2D eigenvalue weighted by atomic mass is 10.2. The van der Waals surface area contributed by atoms with Crippen LogP contribution in [0, 0.1) is 0 Å². The van der Waals surface area contributed by atoms with Crippen molar-refractivity contribution in [2.24, 2.45) is 0 Å². The van der Waals surface area contributed by atoms with Crippen LogP contribution < -0.4 is 25.7 Å². The first kappa shape index (κ1) is 25.7. The number of nitrogens with one attached hydrogen (secondary N) is 2. The van der Waals surface area contributed by atoms with Crippen molar-refractivity contribution < 1.29 is 19.0 Å². The number of hydrogen-bond acceptors (Lipinski definition) is 7. The number of halogens is 1. The third-order valence-electron chi connectivity index (χ3n) is 5.27. The van der Waals surface area contributed by atoms with Crippen molar-refractivity contribution in [3.8, 4) is 22.9 Å². The van der Waals surface area contributed by atoms with Crippen LogP contribution in [-0.4, -0.2) is 43.1 Å². The number of carbonyl (C=O) groups excluding carboxylic acids is 1. The van der Waals surface area contributed by atoms with Gasteiger partial charge >= 0.3 is 0 Å². The Morgan fingerprint density at radius 2 is 1.76 bits per heavy atom. The van der Waals surface area contributed by atoms with E-state index in [0.717, 1.165) is 0 Å². The first-order chi connectivity index (χ1) is 18.0. The van der Waals surface area contributed by atoms with Crippen molar-refractivity contribution in [2.45, 2.75) is 0 Å². The lowest BCUT2D eigenvalue weighted by Crippen LogP contribution is -2.27. The summed E-state index contributed by atoms with van der Waals surface area (Å²) >= 11 is 6.13. The molecule has 0 saturated carbocycles. The van der Waals surface area contributed by atoms with Crippen LogP contribution >= 0.6 is 11.6 Å².